The molecule has 0 unspecified atom stereocenters. The Labute approximate surface area is 128 Å². The van der Waals surface area contributed by atoms with Crippen molar-refractivity contribution >= 4 is 23.6 Å². The van der Waals surface area contributed by atoms with E-state index in [1.54, 1.807) is 12.1 Å². The molecule has 1 aromatic carbocycles. The fourth-order valence-electron chi connectivity index (χ4n) is 2.08. The highest BCUT2D eigenvalue weighted by atomic mass is 35.5. The number of carboxylic acids is 1. The van der Waals surface area contributed by atoms with Gasteiger partial charge in [-0.3, -0.25) is 0 Å². The number of carbonyl (C=O) groups is 1. The van der Waals surface area contributed by atoms with Gasteiger partial charge in [0.25, 0.3) is 0 Å². The van der Waals surface area contributed by atoms with E-state index in [-0.39, 0.29) is 6.10 Å². The maximum atomic E-state index is 10.6. The van der Waals surface area contributed by atoms with Gasteiger partial charge in [-0.1, -0.05) is 11.6 Å². The molecule has 0 atom stereocenters. The van der Waals surface area contributed by atoms with Crippen LogP contribution in [0.5, 0.6) is 11.5 Å². The molecule has 5 nitrogen and oxygen atoms in total. The van der Waals surface area contributed by atoms with E-state index in [0.717, 1.165) is 18.9 Å². The number of rotatable bonds is 5. The first-order valence-corrected chi connectivity index (χ1v) is 7.01. The first kappa shape index (κ1) is 15.7. The van der Waals surface area contributed by atoms with Crippen LogP contribution >= 0.6 is 11.6 Å². The minimum Gasteiger partial charge on any atom is -0.493 e. The molecule has 1 aliphatic heterocycles. The van der Waals surface area contributed by atoms with Crippen LogP contribution in [0.4, 0.5) is 0 Å². The third-order valence-corrected chi connectivity index (χ3v) is 3.40. The predicted octanol–water partition coefficient (Wildman–Crippen LogP) is 3.00. The molecule has 1 aromatic rings. The summed E-state index contributed by atoms with van der Waals surface area (Å²) in [6.07, 6.45) is 4.16. The largest absolute Gasteiger partial charge is 0.493 e. The van der Waals surface area contributed by atoms with Crippen molar-refractivity contribution in [3.05, 3.63) is 28.8 Å². The normalized spacial score (nSPS) is 16.1. The zero-order valence-electron chi connectivity index (χ0n) is 11.7. The Morgan fingerprint density at radius 3 is 2.76 bits per heavy atom. The Hall–Kier alpha value is -1.72. The molecule has 0 amide bonds. The van der Waals surface area contributed by atoms with Gasteiger partial charge in [-0.2, -0.15) is 0 Å². The monoisotopic (exact) mass is 312 g/mol. The maximum Gasteiger partial charge on any atom is 0.328 e. The van der Waals surface area contributed by atoms with Crippen molar-refractivity contribution in [2.24, 2.45) is 0 Å². The average Bonchev–Trinajstić information content (AvgIpc) is 2.48. The molecule has 2 rings (SSSR count). The first-order valence-electron chi connectivity index (χ1n) is 6.63. The second-order valence-corrected chi connectivity index (χ2v) is 5.04. The van der Waals surface area contributed by atoms with Gasteiger partial charge in [0, 0.05) is 18.9 Å². The molecule has 114 valence electrons. The number of hydrogen-bond acceptors (Lipinski definition) is 4. The average molecular weight is 313 g/mol. The summed E-state index contributed by atoms with van der Waals surface area (Å²) in [5.41, 5.74) is 0.638. The zero-order chi connectivity index (χ0) is 15.2. The number of ether oxygens (including phenoxy) is 3. The highest BCUT2D eigenvalue weighted by molar-refractivity contribution is 6.32. The van der Waals surface area contributed by atoms with Crippen LogP contribution in [0.15, 0.2) is 18.2 Å². The summed E-state index contributed by atoms with van der Waals surface area (Å²) < 4.78 is 16.5. The van der Waals surface area contributed by atoms with Crippen LogP contribution in [-0.4, -0.2) is 37.5 Å². The van der Waals surface area contributed by atoms with Crippen molar-refractivity contribution < 1.29 is 24.1 Å². The lowest BCUT2D eigenvalue weighted by molar-refractivity contribution is -0.131. The molecule has 0 aromatic heterocycles. The first-order chi connectivity index (χ1) is 10.1. The van der Waals surface area contributed by atoms with Crippen molar-refractivity contribution in [2.75, 3.05) is 20.3 Å². The van der Waals surface area contributed by atoms with Gasteiger partial charge in [0.2, 0.25) is 0 Å². The summed E-state index contributed by atoms with van der Waals surface area (Å²) in [4.78, 5) is 10.6. The molecule has 0 bridgehead atoms. The highest BCUT2D eigenvalue weighted by Gasteiger charge is 2.19. The summed E-state index contributed by atoms with van der Waals surface area (Å²) >= 11 is 6.23. The predicted molar refractivity (Wildman–Crippen MR) is 79.1 cm³/mol. The summed E-state index contributed by atoms with van der Waals surface area (Å²) in [7, 11) is 1.52. The van der Waals surface area contributed by atoms with Crippen LogP contribution in [0.3, 0.4) is 0 Å². The molecule has 1 aliphatic rings. The van der Waals surface area contributed by atoms with Crippen LogP contribution in [0.1, 0.15) is 18.4 Å². The summed E-state index contributed by atoms with van der Waals surface area (Å²) in [6, 6.07) is 3.35. The molecule has 1 fully saturated rings. The van der Waals surface area contributed by atoms with E-state index in [0.29, 0.717) is 35.3 Å². The topological polar surface area (TPSA) is 65.0 Å². The van der Waals surface area contributed by atoms with Crippen molar-refractivity contribution in [3.8, 4) is 11.5 Å². The Balaban J connectivity index is 2.22. The molecular weight excluding hydrogens is 296 g/mol. The number of aliphatic carboxylic acids is 1. The van der Waals surface area contributed by atoms with Crippen molar-refractivity contribution in [1.29, 1.82) is 0 Å². The summed E-state index contributed by atoms with van der Waals surface area (Å²) in [5.74, 6) is -0.0507. The van der Waals surface area contributed by atoms with Crippen LogP contribution in [-0.2, 0) is 9.53 Å². The quantitative estimate of drug-likeness (QED) is 0.847. The number of hydrogen-bond donors (Lipinski definition) is 1. The Bertz CT molecular complexity index is 535. The summed E-state index contributed by atoms with van der Waals surface area (Å²) in [5, 5.41) is 9.05. The molecule has 0 radical (unpaired) electrons. The lowest BCUT2D eigenvalue weighted by Gasteiger charge is -2.24. The van der Waals surface area contributed by atoms with Gasteiger partial charge in [0.05, 0.1) is 25.3 Å². The molecule has 6 heteroatoms. The van der Waals surface area contributed by atoms with Gasteiger partial charge in [0.15, 0.2) is 11.5 Å². The second-order valence-electron chi connectivity index (χ2n) is 4.64. The number of benzene rings is 1. The van der Waals surface area contributed by atoms with E-state index >= 15 is 0 Å². The van der Waals surface area contributed by atoms with Gasteiger partial charge < -0.3 is 19.3 Å². The van der Waals surface area contributed by atoms with Gasteiger partial charge in [-0.15, -0.1) is 0 Å². The van der Waals surface area contributed by atoms with E-state index in [1.165, 1.54) is 13.2 Å². The maximum absolute atomic E-state index is 10.6. The molecule has 0 spiro atoms. The lowest BCUT2D eigenvalue weighted by Crippen LogP contribution is -2.26. The molecule has 1 heterocycles. The Kier molecular flexibility index (Phi) is 5.47. The van der Waals surface area contributed by atoms with E-state index in [9.17, 15) is 4.79 Å². The van der Waals surface area contributed by atoms with E-state index in [4.69, 9.17) is 30.9 Å². The van der Waals surface area contributed by atoms with Gasteiger partial charge in [0.1, 0.15) is 6.10 Å². The van der Waals surface area contributed by atoms with E-state index < -0.39 is 5.97 Å². The third kappa shape index (κ3) is 4.37. The number of methoxy groups -OCH3 is 1. The van der Waals surface area contributed by atoms with Gasteiger partial charge in [-0.05, 0) is 23.8 Å². The minimum absolute atomic E-state index is 0.0468. The minimum atomic E-state index is -1.02. The number of carboxylic acid groups (broad SMARTS) is 1. The zero-order valence-corrected chi connectivity index (χ0v) is 12.4. The molecule has 1 N–H and O–H groups in total. The Morgan fingerprint density at radius 2 is 2.14 bits per heavy atom. The molecule has 0 aliphatic carbocycles. The van der Waals surface area contributed by atoms with Crippen molar-refractivity contribution in [2.45, 2.75) is 18.9 Å². The van der Waals surface area contributed by atoms with E-state index in [1.807, 2.05) is 0 Å². The standard InChI is InChI=1S/C15H17ClO5/c1-19-13-9-10(2-3-14(17)18)8-12(16)15(13)21-11-4-6-20-7-5-11/h2-3,8-9,11H,4-7H2,1H3,(H,17,18). The van der Waals surface area contributed by atoms with Crippen molar-refractivity contribution in [3.63, 3.8) is 0 Å². The van der Waals surface area contributed by atoms with Gasteiger partial charge in [-0.25, -0.2) is 4.79 Å². The van der Waals surface area contributed by atoms with Crippen molar-refractivity contribution in [1.82, 2.24) is 0 Å². The van der Waals surface area contributed by atoms with Crippen LogP contribution in [0, 0.1) is 0 Å². The van der Waals surface area contributed by atoms with Crippen LogP contribution in [0.25, 0.3) is 6.08 Å². The lowest BCUT2D eigenvalue weighted by atomic mass is 10.1. The van der Waals surface area contributed by atoms with Crippen LogP contribution in [0.2, 0.25) is 5.02 Å². The molecule has 21 heavy (non-hydrogen) atoms. The fraction of sp³-hybridized carbons (Fsp3) is 0.400. The number of halogens is 1. The van der Waals surface area contributed by atoms with E-state index in [2.05, 4.69) is 0 Å². The second kappa shape index (κ2) is 7.33. The SMILES string of the molecule is COc1cc(C=CC(=O)O)cc(Cl)c1OC1CCOCC1. The Morgan fingerprint density at radius 1 is 1.43 bits per heavy atom. The smallest absolute Gasteiger partial charge is 0.328 e. The summed E-state index contributed by atoms with van der Waals surface area (Å²) in [6.45, 7) is 1.34. The molecule has 1 saturated heterocycles. The molecular formula is C15H17ClO5. The molecule has 0 saturated carbocycles. The fourth-order valence-corrected chi connectivity index (χ4v) is 2.34. The van der Waals surface area contributed by atoms with Crippen LogP contribution < -0.4 is 9.47 Å². The third-order valence-electron chi connectivity index (χ3n) is 3.12. The highest BCUT2D eigenvalue weighted by Crippen LogP contribution is 2.38. The van der Waals surface area contributed by atoms with Gasteiger partial charge >= 0.3 is 5.97 Å².